The van der Waals surface area contributed by atoms with E-state index in [2.05, 4.69) is 24.8 Å². The number of carbonyl (C=O) groups excluding carboxylic acids is 1. The van der Waals surface area contributed by atoms with Gasteiger partial charge in [-0.3, -0.25) is 4.79 Å². The number of carbonyl (C=O) groups is 1. The number of piperidine rings is 1. The lowest BCUT2D eigenvalue weighted by Gasteiger charge is -2.54. The quantitative estimate of drug-likeness (QED) is 0.535. The van der Waals surface area contributed by atoms with Crippen LogP contribution in [0.4, 0.5) is 0 Å². The van der Waals surface area contributed by atoms with E-state index in [0.717, 1.165) is 12.3 Å². The van der Waals surface area contributed by atoms with Crippen LogP contribution in [0, 0.1) is 41.9 Å². The Kier molecular flexibility index (Phi) is 4.39. The lowest BCUT2D eigenvalue weighted by atomic mass is 9.53. The van der Waals surface area contributed by atoms with Crippen molar-refractivity contribution in [3.8, 4) is 12.3 Å². The first-order chi connectivity index (χ1) is 12.0. The van der Waals surface area contributed by atoms with E-state index < -0.39 is 5.60 Å². The number of rotatable bonds is 1. The van der Waals surface area contributed by atoms with Gasteiger partial charge in [0.05, 0.1) is 5.92 Å². The predicted octanol–water partition coefficient (Wildman–Crippen LogP) is 3.87. The lowest BCUT2D eigenvalue weighted by molar-refractivity contribution is -0.146. The number of esters is 1. The minimum Gasteiger partial charge on any atom is -0.446 e. The van der Waals surface area contributed by atoms with Crippen molar-refractivity contribution in [3.05, 3.63) is 0 Å². The Balaban J connectivity index is 1.75. The third-order valence-corrected chi connectivity index (χ3v) is 8.19. The fraction of sp³-hybridized carbons (Fsp3) is 0.864. The summed E-state index contributed by atoms with van der Waals surface area (Å²) in [6.07, 6.45) is 16.0. The Morgan fingerprint density at radius 2 is 1.96 bits per heavy atom. The monoisotopic (exact) mass is 343 g/mol. The Morgan fingerprint density at radius 1 is 1.20 bits per heavy atom. The fourth-order valence-corrected chi connectivity index (χ4v) is 6.86. The highest BCUT2D eigenvalue weighted by Crippen LogP contribution is 2.58. The van der Waals surface area contributed by atoms with Crippen molar-refractivity contribution < 1.29 is 9.53 Å². The van der Waals surface area contributed by atoms with Gasteiger partial charge in [-0.15, -0.1) is 6.42 Å². The fourth-order valence-electron chi connectivity index (χ4n) is 6.86. The van der Waals surface area contributed by atoms with Crippen LogP contribution in [0.15, 0.2) is 0 Å². The zero-order valence-electron chi connectivity index (χ0n) is 16.0. The summed E-state index contributed by atoms with van der Waals surface area (Å²) in [5, 5.41) is 0. The standard InChI is InChI=1S/C22H33NO2/c1-5-22(3)20-17(21(24)25-22)13-15-10-6-7-11-16(15)19(20)18-12-8-9-14(2)23(18)4/h1,14-20H,6-13H2,2-4H3. The largest absolute Gasteiger partial charge is 0.446 e. The second-order valence-corrected chi connectivity index (χ2v) is 9.34. The molecule has 2 saturated carbocycles. The second kappa shape index (κ2) is 6.31. The van der Waals surface area contributed by atoms with Crippen molar-refractivity contribution in [2.45, 2.75) is 82.9 Å². The smallest absolute Gasteiger partial charge is 0.310 e. The average molecular weight is 344 g/mol. The van der Waals surface area contributed by atoms with E-state index in [9.17, 15) is 4.79 Å². The summed E-state index contributed by atoms with van der Waals surface area (Å²) in [6, 6.07) is 1.17. The normalized spacial score (nSPS) is 50.5. The molecule has 0 spiro atoms. The molecule has 2 aliphatic carbocycles. The molecule has 0 aromatic carbocycles. The highest BCUT2D eigenvalue weighted by atomic mass is 16.6. The summed E-state index contributed by atoms with van der Waals surface area (Å²) in [4.78, 5) is 15.3. The van der Waals surface area contributed by atoms with Gasteiger partial charge in [-0.05, 0) is 64.3 Å². The van der Waals surface area contributed by atoms with Crippen molar-refractivity contribution in [1.82, 2.24) is 4.90 Å². The Labute approximate surface area is 152 Å². The van der Waals surface area contributed by atoms with Gasteiger partial charge < -0.3 is 9.64 Å². The Bertz CT molecular complexity index is 581. The van der Waals surface area contributed by atoms with Gasteiger partial charge in [0.2, 0.25) is 0 Å². The maximum atomic E-state index is 12.7. The highest BCUT2D eigenvalue weighted by Gasteiger charge is 2.62. The highest BCUT2D eigenvalue weighted by molar-refractivity contribution is 5.77. The maximum absolute atomic E-state index is 12.7. The third-order valence-electron chi connectivity index (χ3n) is 8.19. The molecule has 0 radical (unpaired) electrons. The van der Waals surface area contributed by atoms with Gasteiger partial charge in [0, 0.05) is 18.0 Å². The van der Waals surface area contributed by atoms with Crippen molar-refractivity contribution in [3.63, 3.8) is 0 Å². The summed E-state index contributed by atoms with van der Waals surface area (Å²) in [5.74, 6) is 5.01. The summed E-state index contributed by atoms with van der Waals surface area (Å²) < 4.78 is 5.84. The van der Waals surface area contributed by atoms with Crippen LogP contribution in [0.25, 0.3) is 0 Å². The summed E-state index contributed by atoms with van der Waals surface area (Å²) in [6.45, 7) is 4.35. The van der Waals surface area contributed by atoms with E-state index in [4.69, 9.17) is 11.2 Å². The molecule has 0 N–H and O–H groups in total. The molecule has 2 saturated heterocycles. The molecule has 3 heteroatoms. The molecule has 0 aromatic rings. The maximum Gasteiger partial charge on any atom is 0.310 e. The van der Waals surface area contributed by atoms with E-state index in [1.165, 1.54) is 44.9 Å². The third kappa shape index (κ3) is 2.64. The molecule has 2 heterocycles. The van der Waals surface area contributed by atoms with Crippen molar-refractivity contribution in [2.24, 2.45) is 29.6 Å². The van der Waals surface area contributed by atoms with Crippen molar-refractivity contribution in [1.29, 1.82) is 0 Å². The first-order valence-corrected chi connectivity index (χ1v) is 10.4. The molecule has 8 atom stereocenters. The van der Waals surface area contributed by atoms with Gasteiger partial charge in [0.1, 0.15) is 0 Å². The SMILES string of the molecule is C#CC1(C)OC(=O)C2CC3CCCCC3C(C3CCCC(C)N3C)C21. The number of nitrogens with zero attached hydrogens (tertiary/aromatic N) is 1. The van der Waals surface area contributed by atoms with Crippen LogP contribution < -0.4 is 0 Å². The van der Waals surface area contributed by atoms with E-state index in [1.807, 2.05) is 6.92 Å². The number of ether oxygens (including phenoxy) is 1. The number of fused-ring (bicyclic) bond motifs is 2. The van der Waals surface area contributed by atoms with Gasteiger partial charge in [-0.2, -0.15) is 0 Å². The average Bonchev–Trinajstić information content (AvgIpc) is 2.87. The minimum absolute atomic E-state index is 0.0222. The molecule has 0 aromatic heterocycles. The molecule has 4 aliphatic rings. The molecular formula is C22H33NO2. The molecule has 4 fully saturated rings. The number of hydrogen-bond acceptors (Lipinski definition) is 3. The molecule has 8 unspecified atom stereocenters. The first-order valence-electron chi connectivity index (χ1n) is 10.4. The van der Waals surface area contributed by atoms with E-state index in [-0.39, 0.29) is 17.8 Å². The molecular weight excluding hydrogens is 310 g/mol. The number of hydrogen-bond donors (Lipinski definition) is 0. The van der Waals surface area contributed by atoms with Crippen LogP contribution in [0.1, 0.15) is 65.2 Å². The molecule has 4 rings (SSSR count). The molecule has 25 heavy (non-hydrogen) atoms. The summed E-state index contributed by atoms with van der Waals surface area (Å²) >= 11 is 0. The number of cyclic esters (lactones) is 1. The number of terminal acetylenes is 1. The molecule has 2 aliphatic heterocycles. The minimum atomic E-state index is -0.712. The zero-order valence-corrected chi connectivity index (χ0v) is 16.0. The first kappa shape index (κ1) is 17.4. The molecule has 0 amide bonds. The predicted molar refractivity (Wildman–Crippen MR) is 98.7 cm³/mol. The topological polar surface area (TPSA) is 29.5 Å². The van der Waals surface area contributed by atoms with Gasteiger partial charge in [0.15, 0.2) is 5.60 Å². The lowest BCUT2D eigenvalue weighted by Crippen LogP contribution is -2.57. The van der Waals surface area contributed by atoms with Crippen LogP contribution in [-0.2, 0) is 9.53 Å². The molecule has 138 valence electrons. The van der Waals surface area contributed by atoms with Crippen LogP contribution >= 0.6 is 0 Å². The Morgan fingerprint density at radius 3 is 2.72 bits per heavy atom. The van der Waals surface area contributed by atoms with Gasteiger partial charge in [-0.25, -0.2) is 0 Å². The van der Waals surface area contributed by atoms with Crippen LogP contribution in [0.5, 0.6) is 0 Å². The van der Waals surface area contributed by atoms with Gasteiger partial charge in [0.25, 0.3) is 0 Å². The Hall–Kier alpha value is -1.01. The van der Waals surface area contributed by atoms with Crippen molar-refractivity contribution >= 4 is 5.97 Å². The van der Waals surface area contributed by atoms with Gasteiger partial charge in [-0.1, -0.05) is 31.6 Å². The zero-order chi connectivity index (χ0) is 17.8. The van der Waals surface area contributed by atoms with Crippen LogP contribution in [0.3, 0.4) is 0 Å². The molecule has 3 nitrogen and oxygen atoms in total. The second-order valence-electron chi connectivity index (χ2n) is 9.34. The molecule has 0 bridgehead atoms. The number of likely N-dealkylation sites (tertiary alicyclic amines) is 1. The van der Waals surface area contributed by atoms with Crippen molar-refractivity contribution in [2.75, 3.05) is 7.05 Å². The summed E-state index contributed by atoms with van der Waals surface area (Å²) in [5.41, 5.74) is -0.712. The van der Waals surface area contributed by atoms with E-state index in [1.54, 1.807) is 0 Å². The van der Waals surface area contributed by atoms with Gasteiger partial charge >= 0.3 is 5.97 Å². The van der Waals surface area contributed by atoms with E-state index >= 15 is 0 Å². The van der Waals surface area contributed by atoms with Crippen LogP contribution in [-0.4, -0.2) is 35.6 Å². The summed E-state index contributed by atoms with van der Waals surface area (Å²) in [7, 11) is 2.29. The van der Waals surface area contributed by atoms with E-state index in [0.29, 0.717) is 23.9 Å². The van der Waals surface area contributed by atoms with Crippen LogP contribution in [0.2, 0.25) is 0 Å².